The molecule has 0 spiro atoms. The van der Waals surface area contributed by atoms with Crippen molar-refractivity contribution in [2.75, 3.05) is 26.4 Å². The van der Waals surface area contributed by atoms with Crippen molar-refractivity contribution in [1.29, 1.82) is 0 Å². The first kappa shape index (κ1) is 29.5. The molecule has 0 radical (unpaired) electrons. The lowest BCUT2D eigenvalue weighted by Gasteiger charge is -2.23. The smallest absolute Gasteiger partial charge is 0.240 e. The monoisotopic (exact) mass is 349 g/mol. The minimum atomic E-state index is -1.11. The molecule has 0 aromatic heterocycles. The second-order valence-electron chi connectivity index (χ2n) is 3.95. The van der Waals surface area contributed by atoms with E-state index in [0.717, 1.165) is 18.2 Å². The van der Waals surface area contributed by atoms with Crippen molar-refractivity contribution in [3.8, 4) is 0 Å². The standard InChI is InChI=1S/C5H12O4.3C3H5NO/c6-1-5(2-7,3-8)4-9;3*1-2-3(4)5/h6-9H,1-4H2;3*2H,1H2,(H2,4,5). The Bertz CT molecular complexity index is 334. The zero-order valence-corrected chi connectivity index (χ0v) is 13.4. The Morgan fingerprint density at radius 2 is 0.792 bits per heavy atom. The highest BCUT2D eigenvalue weighted by Gasteiger charge is 2.26. The normalized spacial score (nSPS) is 8.50. The second-order valence-corrected chi connectivity index (χ2v) is 3.95. The molecule has 140 valence electrons. The maximum atomic E-state index is 9.47. The fourth-order valence-corrected chi connectivity index (χ4v) is 0.300. The summed E-state index contributed by atoms with van der Waals surface area (Å²) in [6.45, 7) is 7.63. The molecule has 0 rings (SSSR count). The Morgan fingerprint density at radius 1 is 0.667 bits per heavy atom. The molecular formula is C14H27N3O7. The molecule has 0 heterocycles. The quantitative estimate of drug-likeness (QED) is 0.235. The summed E-state index contributed by atoms with van der Waals surface area (Å²) in [7, 11) is 0. The van der Waals surface area contributed by atoms with Gasteiger partial charge in [0.2, 0.25) is 17.7 Å². The van der Waals surface area contributed by atoms with Crippen LogP contribution < -0.4 is 17.2 Å². The van der Waals surface area contributed by atoms with Crippen LogP contribution in [-0.4, -0.2) is 64.6 Å². The first-order valence-corrected chi connectivity index (χ1v) is 6.25. The van der Waals surface area contributed by atoms with Gasteiger partial charge in [-0.1, -0.05) is 19.7 Å². The second kappa shape index (κ2) is 20.5. The molecule has 0 unspecified atom stereocenters. The summed E-state index contributed by atoms with van der Waals surface area (Å²) in [5.41, 5.74) is 12.5. The third kappa shape index (κ3) is 27.8. The minimum Gasteiger partial charge on any atom is -0.396 e. The van der Waals surface area contributed by atoms with Crippen molar-refractivity contribution in [2.24, 2.45) is 22.6 Å². The van der Waals surface area contributed by atoms with E-state index in [1.54, 1.807) is 0 Å². The van der Waals surface area contributed by atoms with E-state index in [1.807, 2.05) is 0 Å². The molecule has 0 bridgehead atoms. The molecule has 0 aliphatic rings. The van der Waals surface area contributed by atoms with Crippen LogP contribution in [0.25, 0.3) is 0 Å². The van der Waals surface area contributed by atoms with Gasteiger partial charge in [0.1, 0.15) is 0 Å². The van der Waals surface area contributed by atoms with Crippen LogP contribution in [0, 0.1) is 5.41 Å². The third-order valence-corrected chi connectivity index (χ3v) is 1.95. The maximum absolute atomic E-state index is 9.47. The molecule has 0 aromatic carbocycles. The number of amides is 3. The van der Waals surface area contributed by atoms with Gasteiger partial charge in [-0.3, -0.25) is 14.4 Å². The van der Waals surface area contributed by atoms with Gasteiger partial charge in [0.15, 0.2) is 0 Å². The number of rotatable bonds is 7. The zero-order chi connectivity index (χ0) is 20.2. The zero-order valence-electron chi connectivity index (χ0n) is 13.4. The van der Waals surface area contributed by atoms with Crippen molar-refractivity contribution in [2.45, 2.75) is 0 Å². The SMILES string of the molecule is C=CC(N)=O.C=CC(N)=O.C=CC(N)=O.OCC(CO)(CO)CO. The summed E-state index contributed by atoms with van der Waals surface area (Å²) >= 11 is 0. The number of carbonyl (C=O) groups excluding carboxylic acids is 3. The molecule has 0 saturated carbocycles. The van der Waals surface area contributed by atoms with Gasteiger partial charge >= 0.3 is 0 Å². The molecule has 10 nitrogen and oxygen atoms in total. The molecule has 3 amide bonds. The predicted octanol–water partition coefficient (Wildman–Crippen LogP) is -3.08. The van der Waals surface area contributed by atoms with Gasteiger partial charge in [-0.25, -0.2) is 0 Å². The number of carbonyl (C=O) groups is 3. The fourth-order valence-electron chi connectivity index (χ4n) is 0.300. The average molecular weight is 349 g/mol. The van der Waals surface area contributed by atoms with Gasteiger partial charge in [0, 0.05) is 0 Å². The lowest BCUT2D eigenvalue weighted by atomic mass is 9.93. The number of primary amides is 3. The molecule has 0 aliphatic heterocycles. The Kier molecular flexibility index (Phi) is 25.1. The molecular weight excluding hydrogens is 322 g/mol. The van der Waals surface area contributed by atoms with Crippen molar-refractivity contribution in [3.63, 3.8) is 0 Å². The molecule has 24 heavy (non-hydrogen) atoms. The largest absolute Gasteiger partial charge is 0.396 e. The summed E-state index contributed by atoms with van der Waals surface area (Å²) in [4.78, 5) is 28.4. The summed E-state index contributed by atoms with van der Waals surface area (Å²) < 4.78 is 0. The Hall–Kier alpha value is -2.53. The first-order chi connectivity index (χ1) is 11.1. The maximum Gasteiger partial charge on any atom is 0.240 e. The highest BCUT2D eigenvalue weighted by Crippen LogP contribution is 2.11. The van der Waals surface area contributed by atoms with Crippen LogP contribution in [0.4, 0.5) is 0 Å². The summed E-state index contributed by atoms with van der Waals surface area (Å²) in [6, 6.07) is 0. The van der Waals surface area contributed by atoms with E-state index in [1.165, 1.54) is 0 Å². The number of hydrogen-bond acceptors (Lipinski definition) is 7. The molecule has 0 aliphatic carbocycles. The predicted molar refractivity (Wildman–Crippen MR) is 89.0 cm³/mol. The van der Waals surface area contributed by atoms with Crippen LogP contribution in [0.2, 0.25) is 0 Å². The summed E-state index contributed by atoms with van der Waals surface area (Å²) in [5.74, 6) is -1.44. The number of hydrogen-bond donors (Lipinski definition) is 7. The molecule has 10 N–H and O–H groups in total. The summed E-state index contributed by atoms with van der Waals surface area (Å²) in [6.07, 6.45) is 3.17. The Labute approximate surface area is 140 Å². The molecule has 0 fully saturated rings. The first-order valence-electron chi connectivity index (χ1n) is 6.25. The third-order valence-electron chi connectivity index (χ3n) is 1.95. The van der Waals surface area contributed by atoms with Crippen molar-refractivity contribution < 1.29 is 34.8 Å². The van der Waals surface area contributed by atoms with Crippen LogP contribution in [0.3, 0.4) is 0 Å². The Morgan fingerprint density at radius 3 is 0.792 bits per heavy atom. The van der Waals surface area contributed by atoms with E-state index in [2.05, 4.69) is 36.9 Å². The lowest BCUT2D eigenvalue weighted by molar-refractivity contribution is -0.114. The minimum absolute atomic E-state index is 0.406. The van der Waals surface area contributed by atoms with Crippen LogP contribution in [0.1, 0.15) is 0 Å². The van der Waals surface area contributed by atoms with Crippen molar-refractivity contribution in [1.82, 2.24) is 0 Å². The number of nitrogens with two attached hydrogens (primary N) is 3. The lowest BCUT2D eigenvalue weighted by Crippen LogP contribution is -2.37. The molecule has 10 heteroatoms. The van der Waals surface area contributed by atoms with Gasteiger partial charge in [0.05, 0.1) is 31.8 Å². The number of aliphatic hydroxyl groups is 4. The van der Waals surface area contributed by atoms with Crippen molar-refractivity contribution >= 4 is 17.7 Å². The van der Waals surface area contributed by atoms with Gasteiger partial charge in [-0.2, -0.15) is 0 Å². The van der Waals surface area contributed by atoms with E-state index < -0.39 is 49.6 Å². The van der Waals surface area contributed by atoms with Gasteiger partial charge in [0.25, 0.3) is 0 Å². The van der Waals surface area contributed by atoms with Gasteiger partial charge in [-0.05, 0) is 18.2 Å². The van der Waals surface area contributed by atoms with E-state index in [9.17, 15) is 14.4 Å². The highest BCUT2D eigenvalue weighted by atomic mass is 16.3. The van der Waals surface area contributed by atoms with E-state index >= 15 is 0 Å². The van der Waals surface area contributed by atoms with E-state index in [-0.39, 0.29) is 0 Å². The average Bonchev–Trinajstić information content (AvgIpc) is 2.59. The number of aliphatic hydroxyl groups excluding tert-OH is 4. The molecule has 0 saturated heterocycles. The van der Waals surface area contributed by atoms with Crippen LogP contribution in [-0.2, 0) is 14.4 Å². The Balaban J connectivity index is -0.000000116. The van der Waals surface area contributed by atoms with Crippen LogP contribution in [0.15, 0.2) is 38.0 Å². The topological polar surface area (TPSA) is 210 Å². The van der Waals surface area contributed by atoms with E-state index in [0.29, 0.717) is 0 Å². The van der Waals surface area contributed by atoms with Gasteiger partial charge < -0.3 is 37.6 Å². The summed E-state index contributed by atoms with van der Waals surface area (Å²) in [5, 5.41) is 34.0. The van der Waals surface area contributed by atoms with Crippen LogP contribution in [0.5, 0.6) is 0 Å². The van der Waals surface area contributed by atoms with Crippen LogP contribution >= 0.6 is 0 Å². The van der Waals surface area contributed by atoms with Gasteiger partial charge in [-0.15, -0.1) is 0 Å². The van der Waals surface area contributed by atoms with Crippen molar-refractivity contribution in [3.05, 3.63) is 38.0 Å². The molecule has 0 atom stereocenters. The highest BCUT2D eigenvalue weighted by molar-refractivity contribution is 5.85. The fraction of sp³-hybridized carbons (Fsp3) is 0.357. The molecule has 0 aromatic rings. The van der Waals surface area contributed by atoms with E-state index in [4.69, 9.17) is 20.4 Å².